The molecule has 0 unspecified atom stereocenters. The second-order valence-electron chi connectivity index (χ2n) is 7.49. The number of nitrogens with zero attached hydrogens (tertiary/aromatic N) is 3. The number of amides is 1. The molecule has 0 radical (unpaired) electrons. The molecule has 0 aliphatic carbocycles. The minimum Gasteiger partial charge on any atom is -0.481 e. The summed E-state index contributed by atoms with van der Waals surface area (Å²) in [6.45, 7) is 3.73. The van der Waals surface area contributed by atoms with Gasteiger partial charge in [-0.25, -0.2) is 4.98 Å². The Morgan fingerprint density at radius 2 is 2.31 bits per heavy atom. The summed E-state index contributed by atoms with van der Waals surface area (Å²) in [6, 6.07) is 3.89. The Kier molecular flexibility index (Phi) is 4.19. The van der Waals surface area contributed by atoms with Gasteiger partial charge >= 0.3 is 5.97 Å². The number of aliphatic carboxylic acids is 1. The molecule has 4 heterocycles. The van der Waals surface area contributed by atoms with Gasteiger partial charge in [-0.2, -0.15) is 0 Å². The average Bonchev–Trinajstić information content (AvgIpc) is 3.05. The van der Waals surface area contributed by atoms with Crippen LogP contribution in [0.3, 0.4) is 0 Å². The summed E-state index contributed by atoms with van der Waals surface area (Å²) in [4.78, 5) is 31.1. The zero-order chi connectivity index (χ0) is 18.3. The van der Waals surface area contributed by atoms with Crippen LogP contribution in [0.2, 0.25) is 0 Å². The predicted molar refractivity (Wildman–Crippen MR) is 95.9 cm³/mol. The van der Waals surface area contributed by atoms with Crippen molar-refractivity contribution in [3.63, 3.8) is 0 Å². The normalized spacial score (nSPS) is 25.9. The Hall–Kier alpha value is -2.41. The predicted octanol–water partition coefficient (Wildman–Crippen LogP) is 1.24. The summed E-state index contributed by atoms with van der Waals surface area (Å²) >= 11 is 0. The number of fused-ring (bicyclic) bond motifs is 2. The number of imidazole rings is 1. The van der Waals surface area contributed by atoms with Crippen LogP contribution in [0, 0.1) is 12.3 Å². The number of likely N-dealkylation sites (tertiary alicyclic amines) is 1. The average molecular weight is 356 g/mol. The van der Waals surface area contributed by atoms with Crippen molar-refractivity contribution in [3.8, 4) is 0 Å². The van der Waals surface area contributed by atoms with E-state index < -0.39 is 11.4 Å². The number of carboxylic acid groups (broad SMARTS) is 1. The van der Waals surface area contributed by atoms with Crippen molar-refractivity contribution in [1.29, 1.82) is 0 Å². The SMILES string of the molecule is Cc1cccn2c(CC(=O)N3CC[C@@H]4NCCC[C@@]4(C(=O)O)C3)cnc12. The Bertz CT molecular complexity index is 862. The molecule has 7 nitrogen and oxygen atoms in total. The van der Waals surface area contributed by atoms with Crippen LogP contribution in [-0.2, 0) is 16.0 Å². The Morgan fingerprint density at radius 3 is 3.12 bits per heavy atom. The van der Waals surface area contributed by atoms with Crippen LogP contribution in [0.1, 0.15) is 30.5 Å². The zero-order valence-corrected chi connectivity index (χ0v) is 14.9. The molecule has 0 saturated carbocycles. The van der Waals surface area contributed by atoms with Gasteiger partial charge in [0, 0.05) is 31.5 Å². The van der Waals surface area contributed by atoms with Gasteiger partial charge in [-0.15, -0.1) is 0 Å². The molecule has 2 N–H and O–H groups in total. The van der Waals surface area contributed by atoms with Crippen LogP contribution in [0.5, 0.6) is 0 Å². The molecule has 2 atom stereocenters. The fraction of sp³-hybridized carbons (Fsp3) is 0.526. The first-order valence-electron chi connectivity index (χ1n) is 9.17. The highest BCUT2D eigenvalue weighted by atomic mass is 16.4. The second kappa shape index (κ2) is 6.39. The maximum absolute atomic E-state index is 12.9. The van der Waals surface area contributed by atoms with E-state index in [-0.39, 0.29) is 24.9 Å². The smallest absolute Gasteiger partial charge is 0.313 e. The lowest BCUT2D eigenvalue weighted by molar-refractivity contribution is -0.159. The molecule has 2 saturated heterocycles. The summed E-state index contributed by atoms with van der Waals surface area (Å²) in [7, 11) is 0. The minimum absolute atomic E-state index is 0.0297. The number of carbonyl (C=O) groups is 2. The minimum atomic E-state index is -0.859. The molecule has 1 amide bonds. The van der Waals surface area contributed by atoms with E-state index in [1.165, 1.54) is 0 Å². The number of aromatic nitrogens is 2. The van der Waals surface area contributed by atoms with Crippen molar-refractivity contribution in [2.75, 3.05) is 19.6 Å². The van der Waals surface area contributed by atoms with Gasteiger partial charge in [0.15, 0.2) is 0 Å². The van der Waals surface area contributed by atoms with Crippen molar-refractivity contribution < 1.29 is 14.7 Å². The first-order chi connectivity index (χ1) is 12.5. The molecule has 26 heavy (non-hydrogen) atoms. The number of nitrogens with one attached hydrogen (secondary N) is 1. The molecule has 0 aromatic carbocycles. The number of carboxylic acids is 1. The maximum atomic E-state index is 12.9. The van der Waals surface area contributed by atoms with E-state index in [1.54, 1.807) is 11.1 Å². The van der Waals surface area contributed by atoms with Crippen molar-refractivity contribution in [2.24, 2.45) is 5.41 Å². The van der Waals surface area contributed by atoms with E-state index in [4.69, 9.17) is 0 Å². The number of piperidine rings is 2. The quantitative estimate of drug-likeness (QED) is 0.864. The molecular formula is C19H24N4O3. The van der Waals surface area contributed by atoms with Crippen LogP contribution < -0.4 is 5.32 Å². The molecule has 4 rings (SSSR count). The van der Waals surface area contributed by atoms with Crippen molar-refractivity contribution in [1.82, 2.24) is 19.6 Å². The third-order valence-electron chi connectivity index (χ3n) is 5.94. The second-order valence-corrected chi connectivity index (χ2v) is 7.49. The first kappa shape index (κ1) is 17.0. The monoisotopic (exact) mass is 356 g/mol. The van der Waals surface area contributed by atoms with Gasteiger partial charge in [0.2, 0.25) is 5.91 Å². The lowest BCUT2D eigenvalue weighted by Crippen LogP contribution is -2.63. The Labute approximate surface area is 152 Å². The van der Waals surface area contributed by atoms with Gasteiger partial charge in [0.1, 0.15) is 11.1 Å². The first-order valence-corrected chi connectivity index (χ1v) is 9.17. The highest BCUT2D eigenvalue weighted by molar-refractivity contribution is 5.82. The van der Waals surface area contributed by atoms with Crippen LogP contribution >= 0.6 is 0 Å². The molecule has 7 heteroatoms. The van der Waals surface area contributed by atoms with E-state index in [2.05, 4.69) is 10.3 Å². The fourth-order valence-electron chi connectivity index (χ4n) is 4.46. The van der Waals surface area contributed by atoms with E-state index in [0.29, 0.717) is 19.4 Å². The lowest BCUT2D eigenvalue weighted by Gasteiger charge is -2.48. The van der Waals surface area contributed by atoms with Gasteiger partial charge in [0.25, 0.3) is 0 Å². The molecule has 2 aliphatic rings. The van der Waals surface area contributed by atoms with Crippen LogP contribution in [-0.4, -0.2) is 56.9 Å². The van der Waals surface area contributed by atoms with E-state index in [0.717, 1.165) is 29.9 Å². The number of pyridine rings is 1. The number of rotatable bonds is 3. The number of hydrogen-bond donors (Lipinski definition) is 2. The van der Waals surface area contributed by atoms with Crippen LogP contribution in [0.15, 0.2) is 24.5 Å². The molecule has 2 aromatic heterocycles. The van der Waals surface area contributed by atoms with Crippen molar-refractivity contribution in [3.05, 3.63) is 35.8 Å². The molecule has 2 fully saturated rings. The van der Waals surface area contributed by atoms with E-state index in [9.17, 15) is 14.7 Å². The third-order valence-corrected chi connectivity index (χ3v) is 5.94. The van der Waals surface area contributed by atoms with Crippen molar-refractivity contribution >= 4 is 17.5 Å². The van der Waals surface area contributed by atoms with E-state index in [1.807, 2.05) is 29.7 Å². The highest BCUT2D eigenvalue weighted by Crippen LogP contribution is 2.38. The van der Waals surface area contributed by atoms with Crippen molar-refractivity contribution in [2.45, 2.75) is 38.6 Å². The van der Waals surface area contributed by atoms with Crippen LogP contribution in [0.25, 0.3) is 5.65 Å². The molecular weight excluding hydrogens is 332 g/mol. The summed E-state index contributed by atoms with van der Waals surface area (Å²) in [5, 5.41) is 13.2. The maximum Gasteiger partial charge on any atom is 0.313 e. The third kappa shape index (κ3) is 2.67. The topological polar surface area (TPSA) is 86.9 Å². The summed E-state index contributed by atoms with van der Waals surface area (Å²) < 4.78 is 1.94. The highest BCUT2D eigenvalue weighted by Gasteiger charge is 2.51. The number of aryl methyl sites for hydroxylation is 1. The Balaban J connectivity index is 1.55. The van der Waals surface area contributed by atoms with Gasteiger partial charge < -0.3 is 19.7 Å². The largest absolute Gasteiger partial charge is 0.481 e. The van der Waals surface area contributed by atoms with E-state index >= 15 is 0 Å². The molecule has 0 spiro atoms. The van der Waals surface area contributed by atoms with Gasteiger partial charge in [-0.1, -0.05) is 6.07 Å². The summed E-state index contributed by atoms with van der Waals surface area (Å²) in [6.07, 6.45) is 6.02. The van der Waals surface area contributed by atoms with Crippen LogP contribution in [0.4, 0.5) is 0 Å². The number of hydrogen-bond acceptors (Lipinski definition) is 4. The van der Waals surface area contributed by atoms with Gasteiger partial charge in [-0.3, -0.25) is 9.59 Å². The summed E-state index contributed by atoms with van der Waals surface area (Å²) in [5.74, 6) is -0.824. The van der Waals surface area contributed by atoms with Gasteiger partial charge in [-0.05, 0) is 44.4 Å². The zero-order valence-electron chi connectivity index (χ0n) is 14.9. The molecule has 0 bridgehead atoms. The fourth-order valence-corrected chi connectivity index (χ4v) is 4.46. The van der Waals surface area contributed by atoms with Gasteiger partial charge in [0.05, 0.1) is 12.1 Å². The summed E-state index contributed by atoms with van der Waals surface area (Å²) in [5.41, 5.74) is 1.89. The lowest BCUT2D eigenvalue weighted by atomic mass is 9.70. The molecule has 2 aliphatic heterocycles. The molecule has 138 valence electrons. The number of carbonyl (C=O) groups excluding carboxylic acids is 1. The molecule has 2 aromatic rings. The Morgan fingerprint density at radius 1 is 1.46 bits per heavy atom. The standard InChI is InChI=1S/C19H24N4O3/c1-13-4-2-8-23-14(11-21-17(13)23)10-16(24)22-9-5-15-19(12-22,18(25)26)6-3-7-20-15/h2,4,8,11,15,20H,3,5-7,9-10,12H2,1H3,(H,25,26)/t15-,19+/m0/s1.